The number of carbonyl (C=O) groups is 1. The molecule has 1 heterocycles. The molecular weight excluding hydrogens is 426 g/mol. The van der Waals surface area contributed by atoms with E-state index in [9.17, 15) is 4.79 Å². The highest BCUT2D eigenvalue weighted by Crippen LogP contribution is 2.23. The maximum Gasteiger partial charge on any atom is 0.251 e. The van der Waals surface area contributed by atoms with Crippen molar-refractivity contribution in [2.24, 2.45) is 0 Å². The zero-order chi connectivity index (χ0) is 24.1. The van der Waals surface area contributed by atoms with Gasteiger partial charge in [0.1, 0.15) is 17.3 Å². The van der Waals surface area contributed by atoms with Crippen LogP contribution in [0.1, 0.15) is 46.7 Å². The van der Waals surface area contributed by atoms with E-state index >= 15 is 0 Å². The van der Waals surface area contributed by atoms with Gasteiger partial charge in [-0.2, -0.15) is 0 Å². The predicted octanol–water partition coefficient (Wildman–Crippen LogP) is 5.62. The van der Waals surface area contributed by atoms with E-state index in [-0.39, 0.29) is 11.9 Å². The number of rotatable bonds is 9. The molecule has 0 spiro atoms. The summed E-state index contributed by atoms with van der Waals surface area (Å²) in [6.07, 6.45) is 0.819. The second-order valence-electron chi connectivity index (χ2n) is 8.50. The van der Waals surface area contributed by atoms with Crippen molar-refractivity contribution in [2.75, 3.05) is 13.7 Å². The number of amides is 1. The van der Waals surface area contributed by atoms with Gasteiger partial charge in [-0.25, -0.2) is 4.98 Å². The highest BCUT2D eigenvalue weighted by Gasteiger charge is 2.19. The minimum absolute atomic E-state index is 0.146. The zero-order valence-electron chi connectivity index (χ0n) is 20.2. The number of imidazole rings is 1. The van der Waals surface area contributed by atoms with E-state index in [4.69, 9.17) is 14.5 Å². The van der Waals surface area contributed by atoms with Crippen LogP contribution in [0.15, 0.2) is 66.7 Å². The molecule has 6 heteroatoms. The Labute approximate surface area is 200 Å². The van der Waals surface area contributed by atoms with Crippen LogP contribution in [-0.2, 0) is 6.54 Å². The lowest BCUT2D eigenvalue weighted by Crippen LogP contribution is -2.28. The molecule has 0 saturated carbocycles. The highest BCUT2D eigenvalue weighted by molar-refractivity contribution is 5.94. The lowest BCUT2D eigenvalue weighted by molar-refractivity contribution is 0.0937. The Bertz CT molecular complexity index is 1280. The summed E-state index contributed by atoms with van der Waals surface area (Å²) in [7, 11) is 1.61. The standard InChI is InChI=1S/C28H31N3O3/c1-19-10-15-26(20(2)18-19)34-17-7-16-31-25-9-6-5-8-24(25)30-27(31)21(3)29-28(32)22-11-13-23(33-4)14-12-22/h5-6,8-15,18,21H,7,16-17H2,1-4H3,(H,29,32). The first-order chi connectivity index (χ1) is 16.5. The van der Waals surface area contributed by atoms with Crippen molar-refractivity contribution in [3.8, 4) is 11.5 Å². The number of hydrogen-bond donors (Lipinski definition) is 1. The molecular formula is C28H31N3O3. The minimum atomic E-state index is -0.262. The minimum Gasteiger partial charge on any atom is -0.497 e. The van der Waals surface area contributed by atoms with Crippen LogP contribution in [0.4, 0.5) is 0 Å². The average Bonchev–Trinajstić information content (AvgIpc) is 3.21. The third-order valence-electron chi connectivity index (χ3n) is 5.89. The zero-order valence-corrected chi connectivity index (χ0v) is 20.2. The van der Waals surface area contributed by atoms with Crippen molar-refractivity contribution in [1.82, 2.24) is 14.9 Å². The van der Waals surface area contributed by atoms with Crippen molar-refractivity contribution >= 4 is 16.9 Å². The van der Waals surface area contributed by atoms with Crippen molar-refractivity contribution in [3.63, 3.8) is 0 Å². The van der Waals surface area contributed by atoms with Gasteiger partial charge in [-0.15, -0.1) is 0 Å². The molecule has 1 aromatic heterocycles. The van der Waals surface area contributed by atoms with Gasteiger partial charge in [0.2, 0.25) is 0 Å². The van der Waals surface area contributed by atoms with E-state index in [1.165, 1.54) is 5.56 Å². The fraction of sp³-hybridized carbons (Fsp3) is 0.286. The summed E-state index contributed by atoms with van der Waals surface area (Å²) in [6, 6.07) is 21.1. The summed E-state index contributed by atoms with van der Waals surface area (Å²) >= 11 is 0. The van der Waals surface area contributed by atoms with Crippen molar-refractivity contribution in [1.29, 1.82) is 0 Å². The largest absolute Gasteiger partial charge is 0.497 e. The second kappa shape index (κ2) is 10.4. The summed E-state index contributed by atoms with van der Waals surface area (Å²) in [5.41, 5.74) is 4.92. The van der Waals surface area contributed by atoms with Crippen LogP contribution in [0, 0.1) is 13.8 Å². The molecule has 0 bridgehead atoms. The van der Waals surface area contributed by atoms with Crippen molar-refractivity contribution in [2.45, 2.75) is 39.8 Å². The maximum absolute atomic E-state index is 12.8. The lowest BCUT2D eigenvalue weighted by atomic mass is 10.1. The van der Waals surface area contributed by atoms with Gasteiger partial charge in [0, 0.05) is 12.1 Å². The van der Waals surface area contributed by atoms with Gasteiger partial charge in [-0.05, 0) is 75.2 Å². The first-order valence-corrected chi connectivity index (χ1v) is 11.6. The van der Waals surface area contributed by atoms with Crippen LogP contribution in [-0.4, -0.2) is 29.2 Å². The third kappa shape index (κ3) is 5.22. The van der Waals surface area contributed by atoms with Crippen LogP contribution in [0.5, 0.6) is 11.5 Å². The number of benzene rings is 3. The number of aromatic nitrogens is 2. The maximum atomic E-state index is 12.8. The van der Waals surface area contributed by atoms with E-state index in [0.29, 0.717) is 12.2 Å². The average molecular weight is 458 g/mol. The van der Waals surface area contributed by atoms with Crippen LogP contribution in [0.25, 0.3) is 11.0 Å². The highest BCUT2D eigenvalue weighted by atomic mass is 16.5. The molecule has 1 amide bonds. The Morgan fingerprint density at radius 1 is 1.06 bits per heavy atom. The van der Waals surface area contributed by atoms with Crippen LogP contribution < -0.4 is 14.8 Å². The van der Waals surface area contributed by atoms with Crippen molar-refractivity contribution in [3.05, 3.63) is 89.2 Å². The Morgan fingerprint density at radius 3 is 2.56 bits per heavy atom. The van der Waals surface area contributed by atoms with Gasteiger partial charge in [-0.3, -0.25) is 4.79 Å². The van der Waals surface area contributed by atoms with Crippen LogP contribution in [0.3, 0.4) is 0 Å². The topological polar surface area (TPSA) is 65.4 Å². The lowest BCUT2D eigenvalue weighted by Gasteiger charge is -2.17. The number of nitrogens with one attached hydrogen (secondary N) is 1. The van der Waals surface area contributed by atoms with E-state index in [1.807, 2.05) is 31.2 Å². The number of fused-ring (bicyclic) bond motifs is 1. The third-order valence-corrected chi connectivity index (χ3v) is 5.89. The number of nitrogens with zero attached hydrogens (tertiary/aromatic N) is 2. The fourth-order valence-electron chi connectivity index (χ4n) is 4.11. The van der Waals surface area contributed by atoms with Gasteiger partial charge < -0.3 is 19.4 Å². The van der Waals surface area contributed by atoms with Gasteiger partial charge >= 0.3 is 0 Å². The number of ether oxygens (including phenoxy) is 2. The monoisotopic (exact) mass is 457 g/mol. The van der Waals surface area contributed by atoms with E-state index in [2.05, 4.69) is 41.9 Å². The second-order valence-corrected chi connectivity index (χ2v) is 8.50. The number of para-hydroxylation sites is 2. The molecule has 176 valence electrons. The molecule has 1 unspecified atom stereocenters. The fourth-order valence-corrected chi connectivity index (χ4v) is 4.11. The Hall–Kier alpha value is -3.80. The molecule has 0 aliphatic rings. The SMILES string of the molecule is COc1ccc(C(=O)NC(C)c2nc3ccccc3n2CCCOc2ccc(C)cc2C)cc1. The number of aryl methyl sites for hydroxylation is 3. The quantitative estimate of drug-likeness (QED) is 0.331. The van der Waals surface area contributed by atoms with E-state index in [1.54, 1.807) is 31.4 Å². The molecule has 4 rings (SSSR count). The smallest absolute Gasteiger partial charge is 0.251 e. The molecule has 1 atom stereocenters. The molecule has 0 aliphatic heterocycles. The molecule has 3 aromatic carbocycles. The Balaban J connectivity index is 1.47. The molecule has 0 saturated heterocycles. The number of carbonyl (C=O) groups excluding carboxylic acids is 1. The summed E-state index contributed by atoms with van der Waals surface area (Å²) in [6.45, 7) is 7.45. The van der Waals surface area contributed by atoms with Crippen LogP contribution >= 0.6 is 0 Å². The summed E-state index contributed by atoms with van der Waals surface area (Å²) in [5, 5.41) is 3.09. The van der Waals surface area contributed by atoms with Gasteiger partial charge in [0.05, 0.1) is 30.8 Å². The Morgan fingerprint density at radius 2 is 1.82 bits per heavy atom. The van der Waals surface area contributed by atoms with E-state index in [0.717, 1.165) is 46.9 Å². The Kier molecular flexibility index (Phi) is 7.16. The molecule has 34 heavy (non-hydrogen) atoms. The summed E-state index contributed by atoms with van der Waals surface area (Å²) in [5.74, 6) is 2.32. The van der Waals surface area contributed by atoms with E-state index < -0.39 is 0 Å². The number of hydrogen-bond acceptors (Lipinski definition) is 4. The first kappa shape index (κ1) is 23.4. The van der Waals surface area contributed by atoms with Gasteiger partial charge in [0.25, 0.3) is 5.91 Å². The normalized spacial score (nSPS) is 11.9. The summed E-state index contributed by atoms with van der Waals surface area (Å²) < 4.78 is 13.4. The first-order valence-electron chi connectivity index (χ1n) is 11.6. The van der Waals surface area contributed by atoms with Crippen molar-refractivity contribution < 1.29 is 14.3 Å². The molecule has 4 aromatic rings. The molecule has 0 aliphatic carbocycles. The predicted molar refractivity (Wildman–Crippen MR) is 135 cm³/mol. The molecule has 1 N–H and O–H groups in total. The molecule has 6 nitrogen and oxygen atoms in total. The number of methoxy groups -OCH3 is 1. The van der Waals surface area contributed by atoms with Gasteiger partial charge in [-0.1, -0.05) is 29.8 Å². The summed E-state index contributed by atoms with van der Waals surface area (Å²) in [4.78, 5) is 17.7. The molecule has 0 fully saturated rings. The molecule has 0 radical (unpaired) electrons. The van der Waals surface area contributed by atoms with Gasteiger partial charge in [0.15, 0.2) is 0 Å². The van der Waals surface area contributed by atoms with Crippen LogP contribution in [0.2, 0.25) is 0 Å².